The van der Waals surface area contributed by atoms with E-state index in [4.69, 9.17) is 0 Å². The van der Waals surface area contributed by atoms with Gasteiger partial charge in [0.2, 0.25) is 11.8 Å². The first-order chi connectivity index (χ1) is 13.2. The van der Waals surface area contributed by atoms with Gasteiger partial charge in [0.25, 0.3) is 0 Å². The second-order valence-electron chi connectivity index (χ2n) is 8.49. The number of nitrogens with zero attached hydrogens (tertiary/aromatic N) is 1. The van der Waals surface area contributed by atoms with E-state index in [1.165, 1.54) is 18.4 Å². The average molecular weight is 367 g/mol. The van der Waals surface area contributed by atoms with Crippen LogP contribution in [0.5, 0.6) is 0 Å². The lowest BCUT2D eigenvalue weighted by molar-refractivity contribution is -0.132. The molecule has 0 aromatic heterocycles. The average Bonchev–Trinajstić information content (AvgIpc) is 3.41. The van der Waals surface area contributed by atoms with Crippen molar-refractivity contribution in [1.82, 2.24) is 10.2 Å². The van der Waals surface area contributed by atoms with Crippen molar-refractivity contribution in [2.45, 2.75) is 57.9 Å². The molecule has 1 heterocycles. The normalized spacial score (nSPS) is 23.6. The van der Waals surface area contributed by atoms with Crippen LogP contribution < -0.4 is 5.32 Å². The molecule has 1 aromatic carbocycles. The molecule has 1 saturated carbocycles. The summed E-state index contributed by atoms with van der Waals surface area (Å²) in [7, 11) is 0. The van der Waals surface area contributed by atoms with Crippen LogP contribution in [0, 0.1) is 11.3 Å². The maximum Gasteiger partial charge on any atom is 0.226 e. The first kappa shape index (κ1) is 18.3. The number of carbonyl (C=O) groups is 2. The number of likely N-dealkylation sites (tertiary alicyclic amines) is 1. The maximum atomic E-state index is 12.6. The van der Waals surface area contributed by atoms with Crippen molar-refractivity contribution in [2.75, 3.05) is 13.1 Å². The fourth-order valence-corrected chi connectivity index (χ4v) is 4.75. The van der Waals surface area contributed by atoms with Gasteiger partial charge in [0.15, 0.2) is 0 Å². The first-order valence-corrected chi connectivity index (χ1v) is 10.4. The Labute approximate surface area is 162 Å². The molecular weight excluding hydrogens is 336 g/mol. The molecule has 144 valence electrons. The van der Waals surface area contributed by atoms with Gasteiger partial charge in [-0.05, 0) is 55.9 Å². The Morgan fingerprint density at radius 3 is 2.59 bits per heavy atom. The molecular formula is C23H30N2O2. The van der Waals surface area contributed by atoms with Crippen molar-refractivity contribution in [1.29, 1.82) is 0 Å². The molecule has 1 spiro atoms. The van der Waals surface area contributed by atoms with Crippen LogP contribution in [0.4, 0.5) is 0 Å². The highest BCUT2D eigenvalue weighted by atomic mass is 16.2. The topological polar surface area (TPSA) is 49.4 Å². The summed E-state index contributed by atoms with van der Waals surface area (Å²) in [5, 5.41) is 3.09. The van der Waals surface area contributed by atoms with Crippen LogP contribution in [0.2, 0.25) is 0 Å². The van der Waals surface area contributed by atoms with Gasteiger partial charge in [0.1, 0.15) is 0 Å². The van der Waals surface area contributed by atoms with Gasteiger partial charge in [-0.1, -0.05) is 42.0 Å². The molecule has 4 heteroatoms. The summed E-state index contributed by atoms with van der Waals surface area (Å²) in [6, 6.07) is 10.1. The quantitative estimate of drug-likeness (QED) is 0.806. The lowest BCUT2D eigenvalue weighted by Crippen LogP contribution is -2.40. The molecule has 4 rings (SSSR count). The van der Waals surface area contributed by atoms with Crippen LogP contribution in [-0.2, 0) is 16.1 Å². The highest BCUT2D eigenvalue weighted by molar-refractivity contribution is 5.83. The van der Waals surface area contributed by atoms with Crippen LogP contribution >= 0.6 is 0 Å². The Hall–Kier alpha value is -2.10. The Morgan fingerprint density at radius 1 is 1.11 bits per heavy atom. The van der Waals surface area contributed by atoms with Crippen molar-refractivity contribution >= 4 is 11.8 Å². The van der Waals surface area contributed by atoms with E-state index in [0.717, 1.165) is 50.8 Å². The van der Waals surface area contributed by atoms with Crippen molar-refractivity contribution in [3.63, 3.8) is 0 Å². The van der Waals surface area contributed by atoms with Crippen LogP contribution in [0.25, 0.3) is 0 Å². The third-order valence-electron chi connectivity index (χ3n) is 6.69. The standard InChI is InChI=1S/C23H30N2O2/c26-21(15-18-7-3-1-4-8-18)25-13-11-23(12-14-25)16-20(23)22(27)24-17-19-9-5-2-6-10-19/h2,5-7,9-10,20H,1,3-4,8,11-17H2,(H,24,27). The lowest BCUT2D eigenvalue weighted by atomic mass is 9.90. The number of benzene rings is 1. The summed E-state index contributed by atoms with van der Waals surface area (Å²) in [6.45, 7) is 2.23. The molecule has 1 N–H and O–H groups in total. The summed E-state index contributed by atoms with van der Waals surface area (Å²) in [6.07, 6.45) is 10.5. The third-order valence-corrected chi connectivity index (χ3v) is 6.69. The van der Waals surface area contributed by atoms with Crippen LogP contribution in [0.15, 0.2) is 42.0 Å². The van der Waals surface area contributed by atoms with Crippen molar-refractivity contribution in [3.05, 3.63) is 47.5 Å². The zero-order valence-electron chi connectivity index (χ0n) is 16.1. The van der Waals surface area contributed by atoms with E-state index >= 15 is 0 Å². The van der Waals surface area contributed by atoms with Gasteiger partial charge in [-0.15, -0.1) is 0 Å². The molecule has 3 aliphatic rings. The molecule has 1 aliphatic heterocycles. The Morgan fingerprint density at radius 2 is 1.89 bits per heavy atom. The van der Waals surface area contributed by atoms with E-state index in [1.54, 1.807) is 0 Å². The fourth-order valence-electron chi connectivity index (χ4n) is 4.75. The lowest BCUT2D eigenvalue weighted by Gasteiger charge is -2.33. The molecule has 27 heavy (non-hydrogen) atoms. The van der Waals surface area contributed by atoms with E-state index in [2.05, 4.69) is 11.4 Å². The van der Waals surface area contributed by atoms with Crippen LogP contribution in [-0.4, -0.2) is 29.8 Å². The van der Waals surface area contributed by atoms with Gasteiger partial charge >= 0.3 is 0 Å². The number of hydrogen-bond donors (Lipinski definition) is 1. The molecule has 4 nitrogen and oxygen atoms in total. The number of piperidine rings is 1. The fraction of sp³-hybridized carbons (Fsp3) is 0.565. The molecule has 1 saturated heterocycles. The second-order valence-corrected chi connectivity index (χ2v) is 8.49. The van der Waals surface area contributed by atoms with E-state index in [0.29, 0.717) is 13.0 Å². The number of amides is 2. The summed E-state index contributed by atoms with van der Waals surface area (Å²) in [4.78, 5) is 27.1. The molecule has 2 aliphatic carbocycles. The SMILES string of the molecule is O=C(NCc1ccccc1)C1CC12CCN(C(=O)CC1=CCCCC1)CC2. The van der Waals surface area contributed by atoms with Gasteiger partial charge in [-0.3, -0.25) is 9.59 Å². The predicted octanol–water partition coefficient (Wildman–Crippen LogP) is 3.82. The summed E-state index contributed by atoms with van der Waals surface area (Å²) < 4.78 is 0. The Balaban J connectivity index is 1.23. The van der Waals surface area contributed by atoms with E-state index in [1.807, 2.05) is 35.2 Å². The molecule has 0 bridgehead atoms. The first-order valence-electron chi connectivity index (χ1n) is 10.4. The number of nitrogens with one attached hydrogen (secondary N) is 1. The molecule has 2 fully saturated rings. The van der Waals surface area contributed by atoms with Gasteiger partial charge in [0, 0.05) is 32.0 Å². The number of rotatable bonds is 5. The van der Waals surface area contributed by atoms with Crippen LogP contribution in [0.1, 0.15) is 56.9 Å². The second kappa shape index (κ2) is 7.87. The summed E-state index contributed by atoms with van der Waals surface area (Å²) in [5.74, 6) is 0.606. The minimum Gasteiger partial charge on any atom is -0.352 e. The van der Waals surface area contributed by atoms with E-state index in [9.17, 15) is 9.59 Å². The maximum absolute atomic E-state index is 12.6. The summed E-state index contributed by atoms with van der Waals surface area (Å²) in [5.41, 5.74) is 2.62. The number of allylic oxidation sites excluding steroid dienone is 1. The van der Waals surface area contributed by atoms with Gasteiger partial charge in [0.05, 0.1) is 0 Å². The van der Waals surface area contributed by atoms with E-state index < -0.39 is 0 Å². The largest absolute Gasteiger partial charge is 0.352 e. The van der Waals surface area contributed by atoms with Gasteiger partial charge in [-0.25, -0.2) is 0 Å². The smallest absolute Gasteiger partial charge is 0.226 e. The highest BCUT2D eigenvalue weighted by Crippen LogP contribution is 2.59. The number of hydrogen-bond acceptors (Lipinski definition) is 2. The summed E-state index contributed by atoms with van der Waals surface area (Å²) >= 11 is 0. The predicted molar refractivity (Wildman–Crippen MR) is 106 cm³/mol. The number of carbonyl (C=O) groups excluding carboxylic acids is 2. The molecule has 2 amide bonds. The molecule has 1 unspecified atom stereocenters. The van der Waals surface area contributed by atoms with E-state index in [-0.39, 0.29) is 23.1 Å². The molecule has 1 atom stereocenters. The Bertz CT molecular complexity index is 717. The van der Waals surface area contributed by atoms with Crippen molar-refractivity contribution < 1.29 is 9.59 Å². The van der Waals surface area contributed by atoms with Gasteiger partial charge < -0.3 is 10.2 Å². The third kappa shape index (κ3) is 4.26. The Kier molecular flexibility index (Phi) is 5.33. The van der Waals surface area contributed by atoms with Gasteiger partial charge in [-0.2, -0.15) is 0 Å². The molecule has 1 aromatic rings. The zero-order chi connectivity index (χ0) is 18.7. The highest BCUT2D eigenvalue weighted by Gasteiger charge is 2.58. The minimum absolute atomic E-state index is 0.138. The zero-order valence-corrected chi connectivity index (χ0v) is 16.1. The van der Waals surface area contributed by atoms with Crippen LogP contribution in [0.3, 0.4) is 0 Å². The molecule has 0 radical (unpaired) electrons. The van der Waals surface area contributed by atoms with Crippen molar-refractivity contribution in [2.24, 2.45) is 11.3 Å². The van der Waals surface area contributed by atoms with Crippen molar-refractivity contribution in [3.8, 4) is 0 Å². The monoisotopic (exact) mass is 366 g/mol. The minimum atomic E-state index is 0.138.